The molecule has 1 atom stereocenters. The van der Waals surface area contributed by atoms with E-state index in [0.717, 1.165) is 42.0 Å². The van der Waals surface area contributed by atoms with Gasteiger partial charge in [-0.15, -0.1) is 0 Å². The molecule has 0 radical (unpaired) electrons. The molecular formula is C32H34F6O. The van der Waals surface area contributed by atoms with Gasteiger partial charge >= 0.3 is 12.3 Å². The molecule has 0 saturated heterocycles. The molecule has 0 N–H and O–H groups in total. The smallest absolute Gasteiger partial charge is 0.430 e. The van der Waals surface area contributed by atoms with Crippen LogP contribution in [-0.2, 0) is 12.8 Å². The van der Waals surface area contributed by atoms with Crippen LogP contribution in [0.1, 0.15) is 68.1 Å². The van der Waals surface area contributed by atoms with E-state index in [1.54, 1.807) is 0 Å². The summed E-state index contributed by atoms with van der Waals surface area (Å²) in [6.45, 7) is 2.27. The van der Waals surface area contributed by atoms with E-state index in [1.807, 2.05) is 24.3 Å². The molecule has 1 saturated carbocycles. The van der Waals surface area contributed by atoms with Crippen molar-refractivity contribution >= 4 is 0 Å². The largest absolute Gasteiger partial charge is 0.439 e. The van der Waals surface area contributed by atoms with E-state index in [4.69, 9.17) is 0 Å². The highest BCUT2D eigenvalue weighted by atomic mass is 19.4. The Hall–Kier alpha value is -2.96. The summed E-state index contributed by atoms with van der Waals surface area (Å²) in [6, 6.07) is 21.9. The first-order valence-corrected chi connectivity index (χ1v) is 13.6. The Morgan fingerprint density at radius 3 is 1.69 bits per heavy atom. The maximum atomic E-state index is 13.5. The van der Waals surface area contributed by atoms with Crippen molar-refractivity contribution in [1.29, 1.82) is 0 Å². The molecular weight excluding hydrogens is 514 g/mol. The number of benzene rings is 3. The topological polar surface area (TPSA) is 9.23 Å². The van der Waals surface area contributed by atoms with Crippen LogP contribution < -0.4 is 4.74 Å². The van der Waals surface area contributed by atoms with Crippen molar-refractivity contribution in [2.24, 2.45) is 5.92 Å². The van der Waals surface area contributed by atoms with Gasteiger partial charge in [0, 0.05) is 0 Å². The number of ether oxygens (including phenoxy) is 1. The number of hydrogen-bond donors (Lipinski definition) is 0. The van der Waals surface area contributed by atoms with Gasteiger partial charge in [-0.25, -0.2) is 4.39 Å². The lowest BCUT2D eigenvalue weighted by Crippen LogP contribution is -2.45. The summed E-state index contributed by atoms with van der Waals surface area (Å²) >= 11 is 0. The quantitative estimate of drug-likeness (QED) is 0.229. The molecule has 1 unspecified atom stereocenters. The number of hydrogen-bond acceptors (Lipinski definition) is 1. The third kappa shape index (κ3) is 7.80. The van der Waals surface area contributed by atoms with Crippen molar-refractivity contribution in [1.82, 2.24) is 0 Å². The molecule has 0 aromatic heterocycles. The minimum atomic E-state index is -5.72. The van der Waals surface area contributed by atoms with Crippen LogP contribution in [0.5, 0.6) is 5.75 Å². The Balaban J connectivity index is 1.28. The average Bonchev–Trinajstić information content (AvgIpc) is 2.92. The second-order valence-electron chi connectivity index (χ2n) is 10.5. The van der Waals surface area contributed by atoms with E-state index in [2.05, 4.69) is 35.9 Å². The molecule has 0 bridgehead atoms. The zero-order valence-electron chi connectivity index (χ0n) is 22.0. The summed E-state index contributed by atoms with van der Waals surface area (Å²) in [5.74, 6) is 1.03. The molecule has 7 heteroatoms. The molecule has 3 aromatic rings. The van der Waals surface area contributed by atoms with Crippen LogP contribution in [0.3, 0.4) is 0 Å². The molecule has 1 fully saturated rings. The van der Waals surface area contributed by atoms with Crippen molar-refractivity contribution in [2.45, 2.75) is 82.7 Å². The first-order chi connectivity index (χ1) is 18.5. The van der Waals surface area contributed by atoms with Gasteiger partial charge in [0.25, 0.3) is 6.17 Å². The van der Waals surface area contributed by atoms with Gasteiger partial charge in [0.15, 0.2) is 0 Å². The minimum Gasteiger partial charge on any atom is -0.430 e. The van der Waals surface area contributed by atoms with Crippen molar-refractivity contribution in [3.63, 3.8) is 0 Å². The number of aryl methyl sites for hydroxylation is 2. The summed E-state index contributed by atoms with van der Waals surface area (Å²) in [7, 11) is 0. The molecule has 39 heavy (non-hydrogen) atoms. The molecule has 1 aliphatic carbocycles. The average molecular weight is 549 g/mol. The summed E-state index contributed by atoms with van der Waals surface area (Å²) in [5.41, 5.74) is 5.37. The van der Waals surface area contributed by atoms with Crippen LogP contribution in [0.4, 0.5) is 26.3 Å². The number of halogens is 6. The van der Waals surface area contributed by atoms with Crippen LogP contribution in [0.15, 0.2) is 72.8 Å². The van der Waals surface area contributed by atoms with Gasteiger partial charge in [0.1, 0.15) is 5.75 Å². The Labute approximate surface area is 226 Å². The lowest BCUT2D eigenvalue weighted by molar-refractivity contribution is -0.304. The molecule has 1 aliphatic rings. The predicted molar refractivity (Wildman–Crippen MR) is 142 cm³/mol. The highest BCUT2D eigenvalue weighted by Gasteiger charge is 2.59. The van der Waals surface area contributed by atoms with E-state index in [0.29, 0.717) is 11.5 Å². The Bertz CT molecular complexity index is 1160. The molecule has 210 valence electrons. The fourth-order valence-electron chi connectivity index (χ4n) is 5.42. The summed E-state index contributed by atoms with van der Waals surface area (Å²) in [6.07, 6.45) is -5.49. The van der Waals surface area contributed by atoms with E-state index in [1.165, 1.54) is 61.8 Å². The molecule has 1 nitrogen and oxygen atoms in total. The summed E-state index contributed by atoms with van der Waals surface area (Å²) in [4.78, 5) is 0. The standard InChI is InChI=1S/C32H34F6O/c1-2-3-22-6-12-25(13-7-22)26-14-8-23(9-15-26)4-5-24-10-16-27(17-11-24)28-18-20-29(21-19-28)39-32(37,38)30(33)31(34,35)36/h8-11,14-22,25,30H,2-7,12-13H2,1H3. The fraction of sp³-hybridized carbons (Fsp3) is 0.438. The SMILES string of the molecule is CCCC1CCC(c2ccc(CCc3ccc(-c4ccc(OC(F)(F)C(F)C(F)(F)F)cc4)cc3)cc2)CC1. The fourth-order valence-corrected chi connectivity index (χ4v) is 5.42. The van der Waals surface area contributed by atoms with Crippen LogP contribution in [-0.4, -0.2) is 18.5 Å². The third-order valence-electron chi connectivity index (χ3n) is 7.68. The molecule has 3 aromatic carbocycles. The summed E-state index contributed by atoms with van der Waals surface area (Å²) < 4.78 is 80.9. The van der Waals surface area contributed by atoms with E-state index >= 15 is 0 Å². The van der Waals surface area contributed by atoms with E-state index < -0.39 is 24.2 Å². The Kier molecular flexibility index (Phi) is 9.29. The van der Waals surface area contributed by atoms with Gasteiger partial charge in [-0.05, 0) is 90.3 Å². The number of rotatable bonds is 10. The van der Waals surface area contributed by atoms with Crippen LogP contribution >= 0.6 is 0 Å². The van der Waals surface area contributed by atoms with Gasteiger partial charge in [-0.3, -0.25) is 0 Å². The maximum absolute atomic E-state index is 13.5. The molecule has 0 spiro atoms. The summed E-state index contributed by atoms with van der Waals surface area (Å²) in [5, 5.41) is 0. The first-order valence-electron chi connectivity index (χ1n) is 13.6. The van der Waals surface area contributed by atoms with Crippen LogP contribution in [0.2, 0.25) is 0 Å². The lowest BCUT2D eigenvalue weighted by Gasteiger charge is -2.28. The zero-order chi connectivity index (χ0) is 28.0. The lowest BCUT2D eigenvalue weighted by atomic mass is 9.77. The number of alkyl halides is 6. The molecule has 4 rings (SSSR count). The van der Waals surface area contributed by atoms with Gasteiger partial charge in [0.05, 0.1) is 0 Å². The highest BCUT2D eigenvalue weighted by Crippen LogP contribution is 2.38. The van der Waals surface area contributed by atoms with Crippen LogP contribution in [0, 0.1) is 5.92 Å². The molecule has 0 heterocycles. The maximum Gasteiger partial charge on any atom is 0.439 e. The van der Waals surface area contributed by atoms with Crippen molar-refractivity contribution in [3.05, 3.63) is 89.5 Å². The molecule has 0 aliphatic heterocycles. The van der Waals surface area contributed by atoms with E-state index in [9.17, 15) is 26.3 Å². The highest BCUT2D eigenvalue weighted by molar-refractivity contribution is 5.64. The first kappa shape index (κ1) is 29.0. The van der Waals surface area contributed by atoms with Crippen LogP contribution in [0.25, 0.3) is 11.1 Å². The van der Waals surface area contributed by atoms with Gasteiger partial charge in [-0.1, -0.05) is 80.4 Å². The molecule has 0 amide bonds. The normalized spacial score (nSPS) is 19.1. The Morgan fingerprint density at radius 2 is 1.21 bits per heavy atom. The third-order valence-corrected chi connectivity index (χ3v) is 7.68. The Morgan fingerprint density at radius 1 is 0.718 bits per heavy atom. The van der Waals surface area contributed by atoms with E-state index in [-0.39, 0.29) is 0 Å². The van der Waals surface area contributed by atoms with Gasteiger partial charge in [0.2, 0.25) is 0 Å². The predicted octanol–water partition coefficient (Wildman–Crippen LogP) is 10.1. The van der Waals surface area contributed by atoms with Gasteiger partial charge in [-0.2, -0.15) is 22.0 Å². The van der Waals surface area contributed by atoms with Crippen molar-refractivity contribution in [2.75, 3.05) is 0 Å². The minimum absolute atomic E-state index is 0.553. The van der Waals surface area contributed by atoms with Crippen molar-refractivity contribution < 1.29 is 31.1 Å². The second-order valence-corrected chi connectivity index (χ2v) is 10.5. The second kappa shape index (κ2) is 12.5. The zero-order valence-corrected chi connectivity index (χ0v) is 22.0. The van der Waals surface area contributed by atoms with Crippen molar-refractivity contribution in [3.8, 4) is 16.9 Å². The monoisotopic (exact) mass is 548 g/mol. The van der Waals surface area contributed by atoms with Gasteiger partial charge < -0.3 is 4.74 Å².